The Labute approximate surface area is 195 Å². The van der Waals surface area contributed by atoms with Crippen LogP contribution in [-0.2, 0) is 29.1 Å². The lowest BCUT2D eigenvalue weighted by atomic mass is 10.1. The zero-order valence-corrected chi connectivity index (χ0v) is 20.8. The summed E-state index contributed by atoms with van der Waals surface area (Å²) in [7, 11) is -4.11. The molecule has 184 valence electrons. The molecule has 0 saturated carbocycles. The predicted octanol–water partition coefficient (Wildman–Crippen LogP) is 2.69. The second-order valence-electron chi connectivity index (χ2n) is 8.80. The number of nitrogens with one attached hydrogen (secondary N) is 2. The van der Waals surface area contributed by atoms with Gasteiger partial charge in [0, 0.05) is 6.42 Å². The highest BCUT2D eigenvalue weighted by Crippen LogP contribution is 2.14. The van der Waals surface area contributed by atoms with Gasteiger partial charge in [-0.2, -0.15) is 4.72 Å². The third-order valence-electron chi connectivity index (χ3n) is 4.58. The fraction of sp³-hybridized carbons (Fsp3) is 0.522. The Balaban J connectivity index is 3.14. The van der Waals surface area contributed by atoms with Crippen molar-refractivity contribution in [3.05, 3.63) is 41.5 Å². The van der Waals surface area contributed by atoms with Gasteiger partial charge in [-0.3, -0.25) is 9.59 Å². The Hall–Kier alpha value is -2.72. The topological polar surface area (TPSA) is 139 Å². The molecule has 1 aromatic carbocycles. The lowest BCUT2D eigenvalue weighted by molar-refractivity contribution is -0.155. The third-order valence-corrected chi connectivity index (χ3v) is 6.06. The average Bonchev–Trinajstić information content (AvgIpc) is 2.69. The van der Waals surface area contributed by atoms with Crippen molar-refractivity contribution in [2.24, 2.45) is 0 Å². The normalized spacial score (nSPS) is 14.3. The largest absolute Gasteiger partial charge is 0.479 e. The van der Waals surface area contributed by atoms with E-state index in [4.69, 9.17) is 4.74 Å². The van der Waals surface area contributed by atoms with Crippen molar-refractivity contribution in [1.82, 2.24) is 10.0 Å². The number of hydrogen-bond donors (Lipinski definition) is 3. The van der Waals surface area contributed by atoms with E-state index in [0.717, 1.165) is 11.1 Å². The van der Waals surface area contributed by atoms with Gasteiger partial charge in [0.25, 0.3) is 0 Å². The monoisotopic (exact) mass is 482 g/mol. The molecular formula is C23H34N2O7S. The first-order valence-electron chi connectivity index (χ1n) is 10.7. The quantitative estimate of drug-likeness (QED) is 0.325. The first-order valence-corrected chi connectivity index (χ1v) is 12.1. The van der Waals surface area contributed by atoms with Crippen LogP contribution < -0.4 is 10.0 Å². The molecule has 1 unspecified atom stereocenters. The van der Waals surface area contributed by atoms with E-state index in [1.54, 1.807) is 46.8 Å². The van der Waals surface area contributed by atoms with Crippen molar-refractivity contribution >= 4 is 27.9 Å². The molecule has 2 atom stereocenters. The molecule has 0 aliphatic heterocycles. The minimum absolute atomic E-state index is 0.0559. The molecule has 0 aromatic heterocycles. The van der Waals surface area contributed by atoms with Gasteiger partial charge in [0.1, 0.15) is 17.7 Å². The van der Waals surface area contributed by atoms with Crippen LogP contribution in [0.3, 0.4) is 0 Å². The van der Waals surface area contributed by atoms with E-state index < -0.39 is 45.6 Å². The van der Waals surface area contributed by atoms with Gasteiger partial charge in [0.2, 0.25) is 15.9 Å². The number of benzene rings is 1. The molecule has 0 radical (unpaired) electrons. The number of aliphatic carboxylic acids is 1. The maximum absolute atomic E-state index is 12.9. The van der Waals surface area contributed by atoms with E-state index in [9.17, 15) is 27.9 Å². The van der Waals surface area contributed by atoms with E-state index >= 15 is 0 Å². The summed E-state index contributed by atoms with van der Waals surface area (Å²) in [6.45, 7) is 10.4. The first kappa shape index (κ1) is 28.3. The number of amides is 1. The van der Waals surface area contributed by atoms with Crippen LogP contribution in [0.15, 0.2) is 40.8 Å². The molecule has 1 aromatic rings. The van der Waals surface area contributed by atoms with Gasteiger partial charge >= 0.3 is 11.9 Å². The molecule has 10 heteroatoms. The summed E-state index contributed by atoms with van der Waals surface area (Å²) in [6.07, 6.45) is 1.52. The summed E-state index contributed by atoms with van der Waals surface area (Å²) >= 11 is 0. The third kappa shape index (κ3) is 10.2. The lowest BCUT2D eigenvalue weighted by Crippen LogP contribution is -2.51. The Morgan fingerprint density at radius 2 is 1.73 bits per heavy atom. The SMILES string of the molecule is CC/C(C)=C/C(NC(=O)[C@H](CCC(=O)OC(C)(C)C)NS(=O)(=O)c1ccc(C)cc1)C(=O)O. The van der Waals surface area contributed by atoms with Gasteiger partial charge in [-0.05, 0) is 59.6 Å². The summed E-state index contributed by atoms with van der Waals surface area (Å²) in [6, 6.07) is 3.29. The van der Waals surface area contributed by atoms with Crippen LogP contribution in [0.1, 0.15) is 59.4 Å². The number of carboxylic acids is 1. The van der Waals surface area contributed by atoms with Gasteiger partial charge in [0.05, 0.1) is 4.90 Å². The molecule has 0 heterocycles. The number of carbonyl (C=O) groups is 3. The zero-order chi connectivity index (χ0) is 25.4. The number of allylic oxidation sites excluding steroid dienone is 1. The number of ether oxygens (including phenoxy) is 1. The summed E-state index contributed by atoms with van der Waals surface area (Å²) < 4.78 is 33.2. The number of rotatable bonds is 11. The average molecular weight is 483 g/mol. The predicted molar refractivity (Wildman–Crippen MR) is 124 cm³/mol. The van der Waals surface area contributed by atoms with Crippen molar-refractivity contribution in [2.45, 2.75) is 83.4 Å². The highest BCUT2D eigenvalue weighted by Gasteiger charge is 2.30. The molecule has 0 fully saturated rings. The number of carboxylic acid groups (broad SMARTS) is 1. The van der Waals surface area contributed by atoms with Gasteiger partial charge in [-0.15, -0.1) is 0 Å². The number of aryl methyl sites for hydroxylation is 1. The fourth-order valence-electron chi connectivity index (χ4n) is 2.70. The highest BCUT2D eigenvalue weighted by molar-refractivity contribution is 7.89. The summed E-state index contributed by atoms with van der Waals surface area (Å²) in [5.41, 5.74) is 0.858. The van der Waals surface area contributed by atoms with Crippen molar-refractivity contribution in [3.8, 4) is 0 Å². The van der Waals surface area contributed by atoms with Gasteiger partial charge in [-0.25, -0.2) is 13.2 Å². The van der Waals surface area contributed by atoms with Crippen LogP contribution in [0.2, 0.25) is 0 Å². The Bertz CT molecular complexity index is 977. The zero-order valence-electron chi connectivity index (χ0n) is 20.0. The van der Waals surface area contributed by atoms with Crippen LogP contribution >= 0.6 is 0 Å². The summed E-state index contributed by atoms with van der Waals surface area (Å²) in [4.78, 5) is 36.6. The molecule has 9 nitrogen and oxygen atoms in total. The van der Waals surface area contributed by atoms with Crippen molar-refractivity contribution in [2.75, 3.05) is 0 Å². The standard InChI is InChI=1S/C23H34N2O7S/c1-7-15(2)14-19(22(28)29)24-21(27)18(12-13-20(26)32-23(4,5)6)25-33(30,31)17-10-8-16(3)9-11-17/h8-11,14,18-19,25H,7,12-13H2,1-6H3,(H,24,27)(H,28,29)/b15-14+/t18-,19?/m0/s1. The molecule has 3 N–H and O–H groups in total. The van der Waals surface area contributed by atoms with Crippen LogP contribution in [0.5, 0.6) is 0 Å². The van der Waals surface area contributed by atoms with Gasteiger partial charge in [0.15, 0.2) is 0 Å². The minimum atomic E-state index is -4.11. The second kappa shape index (κ2) is 11.9. The summed E-state index contributed by atoms with van der Waals surface area (Å²) in [5, 5.41) is 11.8. The lowest BCUT2D eigenvalue weighted by Gasteiger charge is -2.22. The molecule has 0 bridgehead atoms. The number of carbonyl (C=O) groups excluding carboxylic acids is 2. The number of sulfonamides is 1. The van der Waals surface area contributed by atoms with Crippen molar-refractivity contribution < 1.29 is 32.6 Å². The minimum Gasteiger partial charge on any atom is -0.479 e. The molecule has 1 rings (SSSR count). The van der Waals surface area contributed by atoms with Crippen LogP contribution in [0.25, 0.3) is 0 Å². The Morgan fingerprint density at radius 3 is 2.21 bits per heavy atom. The van der Waals surface area contributed by atoms with Crippen LogP contribution in [0, 0.1) is 6.92 Å². The van der Waals surface area contributed by atoms with Crippen LogP contribution in [-0.4, -0.2) is 49.1 Å². The first-order chi connectivity index (χ1) is 15.1. The smallest absolute Gasteiger partial charge is 0.330 e. The maximum atomic E-state index is 12.9. The molecule has 0 aliphatic carbocycles. The second-order valence-corrected chi connectivity index (χ2v) is 10.5. The molecule has 0 aliphatic rings. The fourth-order valence-corrected chi connectivity index (χ4v) is 3.93. The Morgan fingerprint density at radius 1 is 1.15 bits per heavy atom. The molecule has 0 saturated heterocycles. The van der Waals surface area contributed by atoms with Gasteiger partial charge < -0.3 is 15.2 Å². The van der Waals surface area contributed by atoms with E-state index in [0.29, 0.717) is 6.42 Å². The van der Waals surface area contributed by atoms with Crippen LogP contribution in [0.4, 0.5) is 0 Å². The Kier molecular flexibility index (Phi) is 10.2. The van der Waals surface area contributed by atoms with Gasteiger partial charge in [-0.1, -0.05) is 36.3 Å². The van der Waals surface area contributed by atoms with E-state index in [1.807, 2.05) is 6.92 Å². The number of esters is 1. The molecular weight excluding hydrogens is 448 g/mol. The molecule has 33 heavy (non-hydrogen) atoms. The molecule has 0 spiro atoms. The van der Waals surface area contributed by atoms with E-state index in [1.165, 1.54) is 18.2 Å². The van der Waals surface area contributed by atoms with E-state index in [-0.39, 0.29) is 17.7 Å². The summed E-state index contributed by atoms with van der Waals surface area (Å²) in [5.74, 6) is -2.75. The van der Waals surface area contributed by atoms with E-state index in [2.05, 4.69) is 10.0 Å². The number of hydrogen-bond acceptors (Lipinski definition) is 6. The van der Waals surface area contributed by atoms with Crippen molar-refractivity contribution in [1.29, 1.82) is 0 Å². The van der Waals surface area contributed by atoms with Crippen molar-refractivity contribution in [3.63, 3.8) is 0 Å². The maximum Gasteiger partial charge on any atom is 0.330 e. The molecule has 1 amide bonds. The highest BCUT2D eigenvalue weighted by atomic mass is 32.2.